The molecule has 2 aromatic heterocycles. The molecule has 4 rings (SSSR count). The molecule has 0 bridgehead atoms. The first-order valence-electron chi connectivity index (χ1n) is 9.95. The van der Waals surface area contributed by atoms with Crippen LogP contribution in [0.1, 0.15) is 23.7 Å². The van der Waals surface area contributed by atoms with Gasteiger partial charge in [0.15, 0.2) is 5.78 Å². The van der Waals surface area contributed by atoms with E-state index < -0.39 is 0 Å². The fourth-order valence-corrected chi connectivity index (χ4v) is 3.68. The second-order valence-corrected chi connectivity index (χ2v) is 7.88. The van der Waals surface area contributed by atoms with Crippen LogP contribution in [0.15, 0.2) is 47.3 Å². The molecule has 0 saturated carbocycles. The molecule has 0 spiro atoms. The van der Waals surface area contributed by atoms with Gasteiger partial charge >= 0.3 is 0 Å². The summed E-state index contributed by atoms with van der Waals surface area (Å²) in [7, 11) is 0. The predicted octanol–water partition coefficient (Wildman–Crippen LogP) is 4.61. The number of hydrogen-bond donors (Lipinski definition) is 1. The molecule has 1 aliphatic heterocycles. The molecule has 3 aromatic rings. The Balaban J connectivity index is 1.73. The van der Waals surface area contributed by atoms with Crippen LogP contribution in [0.5, 0.6) is 0 Å². The molecule has 160 valence electrons. The predicted molar refractivity (Wildman–Crippen MR) is 120 cm³/mol. The number of Topliss-reactive ketones (excluding diaryl/α,β-unsaturated/α-hetero) is 1. The van der Waals surface area contributed by atoms with Crippen molar-refractivity contribution in [1.82, 2.24) is 15.0 Å². The third-order valence-corrected chi connectivity index (χ3v) is 5.56. The number of carbonyl (C=O) groups is 1. The zero-order valence-electron chi connectivity index (χ0n) is 16.9. The molecule has 0 amide bonds. The molecular weight excluding hydrogens is 465 g/mol. The lowest BCUT2D eigenvalue weighted by molar-refractivity contribution is 0.0988. The summed E-state index contributed by atoms with van der Waals surface area (Å²) in [5.74, 6) is 0.801. The van der Waals surface area contributed by atoms with Gasteiger partial charge in [-0.15, -0.1) is 0 Å². The van der Waals surface area contributed by atoms with E-state index in [4.69, 9.17) is 9.72 Å². The van der Waals surface area contributed by atoms with Crippen molar-refractivity contribution in [3.05, 3.63) is 58.7 Å². The van der Waals surface area contributed by atoms with Crippen LogP contribution < -0.4 is 10.2 Å². The summed E-state index contributed by atoms with van der Waals surface area (Å²) >= 11 is 3.19. The average Bonchev–Trinajstić information content (AvgIpc) is 2.81. The van der Waals surface area contributed by atoms with E-state index in [0.717, 1.165) is 16.9 Å². The van der Waals surface area contributed by atoms with E-state index in [1.54, 1.807) is 30.7 Å². The van der Waals surface area contributed by atoms with Crippen LogP contribution in [0.2, 0.25) is 0 Å². The minimum Gasteiger partial charge on any atom is -0.378 e. The Kier molecular flexibility index (Phi) is 6.53. The monoisotopic (exact) mass is 485 g/mol. The van der Waals surface area contributed by atoms with Gasteiger partial charge in [-0.25, -0.2) is 9.37 Å². The molecule has 1 aromatic carbocycles. The first-order valence-corrected chi connectivity index (χ1v) is 10.7. The minimum atomic E-state index is -0.343. The summed E-state index contributed by atoms with van der Waals surface area (Å²) in [6, 6.07) is 6.44. The van der Waals surface area contributed by atoms with E-state index in [0.29, 0.717) is 54.4 Å². The van der Waals surface area contributed by atoms with Crippen LogP contribution in [0.3, 0.4) is 0 Å². The van der Waals surface area contributed by atoms with Crippen molar-refractivity contribution in [2.24, 2.45) is 0 Å². The van der Waals surface area contributed by atoms with E-state index in [9.17, 15) is 9.18 Å². The fraction of sp³-hybridized carbons (Fsp3) is 0.273. The van der Waals surface area contributed by atoms with Gasteiger partial charge in [0.25, 0.3) is 0 Å². The molecule has 1 N–H and O–H groups in total. The summed E-state index contributed by atoms with van der Waals surface area (Å²) in [6.45, 7) is 4.40. The number of anilines is 3. The molecule has 9 heteroatoms. The number of halogens is 2. The molecule has 1 aliphatic rings. The largest absolute Gasteiger partial charge is 0.378 e. The third kappa shape index (κ3) is 4.88. The molecular formula is C22H21BrFN5O2. The van der Waals surface area contributed by atoms with E-state index in [1.165, 1.54) is 6.07 Å². The van der Waals surface area contributed by atoms with Gasteiger partial charge in [-0.05, 0) is 40.2 Å². The quantitative estimate of drug-likeness (QED) is 0.510. The van der Waals surface area contributed by atoms with E-state index in [-0.39, 0.29) is 11.6 Å². The molecule has 7 nitrogen and oxygen atoms in total. The zero-order chi connectivity index (χ0) is 21.8. The highest BCUT2D eigenvalue weighted by Gasteiger charge is 2.20. The highest BCUT2D eigenvalue weighted by atomic mass is 79.9. The number of hydrogen-bond acceptors (Lipinski definition) is 7. The number of ether oxygens (including phenoxy) is 1. The van der Waals surface area contributed by atoms with Gasteiger partial charge in [-0.1, -0.05) is 6.92 Å². The Hall–Kier alpha value is -2.91. The van der Waals surface area contributed by atoms with Gasteiger partial charge in [-0.3, -0.25) is 9.78 Å². The van der Waals surface area contributed by atoms with E-state index in [1.807, 2.05) is 13.0 Å². The first-order chi connectivity index (χ1) is 15.0. The lowest BCUT2D eigenvalue weighted by Gasteiger charge is -2.29. The third-order valence-electron chi connectivity index (χ3n) is 4.95. The number of ketones is 1. The van der Waals surface area contributed by atoms with Crippen LogP contribution in [0.4, 0.5) is 21.8 Å². The number of benzene rings is 1. The number of rotatable bonds is 6. The summed E-state index contributed by atoms with van der Waals surface area (Å²) in [4.78, 5) is 27.7. The van der Waals surface area contributed by atoms with Gasteiger partial charge in [0.2, 0.25) is 5.95 Å². The van der Waals surface area contributed by atoms with Crippen molar-refractivity contribution in [2.45, 2.75) is 13.3 Å². The Morgan fingerprint density at radius 1 is 1.23 bits per heavy atom. The average molecular weight is 486 g/mol. The SMILES string of the molecule is CCC(=O)c1cncc(-c2cnc(Nc3ccc(F)c(Br)c3)nc2N2CCOCC2)c1. The summed E-state index contributed by atoms with van der Waals surface area (Å²) in [5, 5.41) is 3.12. The molecule has 1 fully saturated rings. The summed E-state index contributed by atoms with van der Waals surface area (Å²) in [5.41, 5.74) is 2.78. The second kappa shape index (κ2) is 9.49. The molecule has 0 atom stereocenters. The number of morpholine rings is 1. The number of nitrogens with zero attached hydrogens (tertiary/aromatic N) is 4. The van der Waals surface area contributed by atoms with Crippen LogP contribution >= 0.6 is 15.9 Å². The number of pyridine rings is 1. The standard InChI is InChI=1S/C22H21BrFN5O2/c1-2-20(30)15-9-14(11-25-12-15)17-13-26-22(27-16-3-4-19(24)18(23)10-16)28-21(17)29-5-7-31-8-6-29/h3-4,9-13H,2,5-8H2,1H3,(H,26,27,28). The Morgan fingerprint density at radius 3 is 2.77 bits per heavy atom. The van der Waals surface area contributed by atoms with Crippen molar-refractivity contribution in [2.75, 3.05) is 36.5 Å². The van der Waals surface area contributed by atoms with E-state index in [2.05, 4.69) is 36.1 Å². The van der Waals surface area contributed by atoms with Crippen LogP contribution in [0, 0.1) is 5.82 Å². The maximum Gasteiger partial charge on any atom is 0.229 e. The normalized spacial score (nSPS) is 13.8. The molecule has 31 heavy (non-hydrogen) atoms. The Morgan fingerprint density at radius 2 is 2.03 bits per heavy atom. The van der Waals surface area contributed by atoms with Crippen molar-refractivity contribution in [1.29, 1.82) is 0 Å². The van der Waals surface area contributed by atoms with Gasteiger partial charge in [0, 0.05) is 60.5 Å². The molecule has 0 unspecified atom stereocenters. The summed E-state index contributed by atoms with van der Waals surface area (Å²) in [6.07, 6.45) is 5.41. The smallest absolute Gasteiger partial charge is 0.229 e. The maximum absolute atomic E-state index is 13.5. The first kappa shape index (κ1) is 21.3. The zero-order valence-corrected chi connectivity index (χ0v) is 18.5. The maximum atomic E-state index is 13.5. The van der Waals surface area contributed by atoms with Crippen molar-refractivity contribution in [3.8, 4) is 11.1 Å². The highest BCUT2D eigenvalue weighted by molar-refractivity contribution is 9.10. The lowest BCUT2D eigenvalue weighted by atomic mass is 10.0. The highest BCUT2D eigenvalue weighted by Crippen LogP contribution is 2.31. The Labute approximate surface area is 187 Å². The minimum absolute atomic E-state index is 0.0309. The van der Waals surface area contributed by atoms with Crippen molar-refractivity contribution >= 4 is 39.2 Å². The second-order valence-electron chi connectivity index (χ2n) is 7.02. The molecule has 3 heterocycles. The number of nitrogens with one attached hydrogen (secondary N) is 1. The summed E-state index contributed by atoms with van der Waals surface area (Å²) < 4.78 is 19.4. The van der Waals surface area contributed by atoms with Gasteiger partial charge in [-0.2, -0.15) is 4.98 Å². The van der Waals surface area contributed by atoms with E-state index >= 15 is 0 Å². The van der Waals surface area contributed by atoms with Crippen LogP contribution in [-0.4, -0.2) is 47.0 Å². The fourth-order valence-electron chi connectivity index (χ4n) is 3.30. The van der Waals surface area contributed by atoms with Crippen LogP contribution in [0.25, 0.3) is 11.1 Å². The van der Waals surface area contributed by atoms with Gasteiger partial charge in [0.05, 0.1) is 17.7 Å². The van der Waals surface area contributed by atoms with Crippen molar-refractivity contribution < 1.29 is 13.9 Å². The molecule has 1 saturated heterocycles. The topological polar surface area (TPSA) is 80.2 Å². The molecule has 0 radical (unpaired) electrons. The van der Waals surface area contributed by atoms with Gasteiger partial charge in [0.1, 0.15) is 11.6 Å². The van der Waals surface area contributed by atoms with Crippen LogP contribution in [-0.2, 0) is 4.74 Å². The van der Waals surface area contributed by atoms with Crippen molar-refractivity contribution in [3.63, 3.8) is 0 Å². The lowest BCUT2D eigenvalue weighted by Crippen LogP contribution is -2.37. The molecule has 0 aliphatic carbocycles. The number of aromatic nitrogens is 3. The number of carbonyl (C=O) groups excluding carboxylic acids is 1. The van der Waals surface area contributed by atoms with Gasteiger partial charge < -0.3 is 15.0 Å². The Bertz CT molecular complexity index is 1110.